The van der Waals surface area contributed by atoms with Crippen LogP contribution in [0.3, 0.4) is 0 Å². The summed E-state index contributed by atoms with van der Waals surface area (Å²) in [5.74, 6) is 0.996. The monoisotopic (exact) mass is 261 g/mol. The van der Waals surface area contributed by atoms with Crippen LogP contribution >= 0.6 is 0 Å². The molecule has 4 nitrogen and oxygen atoms in total. The maximum atomic E-state index is 8.99. The van der Waals surface area contributed by atoms with Crippen LogP contribution in [0.25, 0.3) is 0 Å². The Morgan fingerprint density at radius 2 is 2.26 bits per heavy atom. The first-order valence-corrected chi connectivity index (χ1v) is 6.82. The molecule has 0 N–H and O–H groups in total. The van der Waals surface area contributed by atoms with Crippen molar-refractivity contribution >= 4 is 0 Å². The lowest BCUT2D eigenvalue weighted by atomic mass is 9.92. The lowest BCUT2D eigenvalue weighted by Gasteiger charge is -2.29. The average molecular weight is 261 g/mol. The summed E-state index contributed by atoms with van der Waals surface area (Å²) >= 11 is 0. The molecule has 1 aliphatic heterocycles. The molecule has 0 aromatic carbocycles. The van der Waals surface area contributed by atoms with Crippen molar-refractivity contribution in [2.24, 2.45) is 5.41 Å². The molecule has 0 amide bonds. The Hall–Kier alpha value is -1.31. The Labute approximate surface area is 115 Å². The Balaban J connectivity index is 2.10. The van der Waals surface area contributed by atoms with Gasteiger partial charge in [0, 0.05) is 25.7 Å². The molecule has 0 spiro atoms. The first-order valence-electron chi connectivity index (χ1n) is 6.82. The van der Waals surface area contributed by atoms with Crippen molar-refractivity contribution in [1.82, 2.24) is 9.80 Å². The minimum absolute atomic E-state index is 0.228. The molecule has 1 fully saturated rings. The fraction of sp³-hybridized carbons (Fsp3) is 0.667. The van der Waals surface area contributed by atoms with Crippen LogP contribution in [0.2, 0.25) is 0 Å². The van der Waals surface area contributed by atoms with E-state index in [0.717, 1.165) is 31.9 Å². The molecule has 1 unspecified atom stereocenters. The largest absolute Gasteiger partial charge is 0.468 e. The number of furan rings is 1. The lowest BCUT2D eigenvalue weighted by molar-refractivity contribution is 0.181. The van der Waals surface area contributed by atoms with Gasteiger partial charge in [-0.3, -0.25) is 4.90 Å². The van der Waals surface area contributed by atoms with E-state index in [-0.39, 0.29) is 5.41 Å². The van der Waals surface area contributed by atoms with Gasteiger partial charge in [0.2, 0.25) is 0 Å². The molecule has 1 atom stereocenters. The smallest absolute Gasteiger partial charge is 0.117 e. The predicted molar refractivity (Wildman–Crippen MR) is 74.4 cm³/mol. The van der Waals surface area contributed by atoms with Crippen molar-refractivity contribution in [3.8, 4) is 6.07 Å². The zero-order valence-electron chi connectivity index (χ0n) is 12.1. The van der Waals surface area contributed by atoms with Crippen molar-refractivity contribution in [2.45, 2.75) is 32.9 Å². The van der Waals surface area contributed by atoms with E-state index >= 15 is 0 Å². The molecule has 2 heterocycles. The number of hydrogen-bond donors (Lipinski definition) is 0. The SMILES string of the molecule is CN1CC(C)(C)CN(Cc2ccco2)CC1CC#N. The molecule has 1 saturated heterocycles. The van der Waals surface area contributed by atoms with Gasteiger partial charge < -0.3 is 9.32 Å². The molecule has 0 aliphatic carbocycles. The quantitative estimate of drug-likeness (QED) is 0.837. The van der Waals surface area contributed by atoms with Gasteiger partial charge in [0.15, 0.2) is 0 Å². The van der Waals surface area contributed by atoms with Crippen LogP contribution in [0.4, 0.5) is 0 Å². The topological polar surface area (TPSA) is 43.4 Å². The van der Waals surface area contributed by atoms with E-state index in [9.17, 15) is 0 Å². The highest BCUT2D eigenvalue weighted by molar-refractivity contribution is 4.99. The number of rotatable bonds is 3. The zero-order valence-corrected chi connectivity index (χ0v) is 12.1. The Kier molecular flexibility index (Phi) is 4.28. The summed E-state index contributed by atoms with van der Waals surface area (Å²) in [5, 5.41) is 8.99. The molecule has 4 heteroatoms. The van der Waals surface area contributed by atoms with Gasteiger partial charge >= 0.3 is 0 Å². The van der Waals surface area contributed by atoms with Crippen molar-refractivity contribution in [2.75, 3.05) is 26.7 Å². The molecule has 0 radical (unpaired) electrons. The minimum atomic E-state index is 0.228. The van der Waals surface area contributed by atoms with E-state index < -0.39 is 0 Å². The van der Waals surface area contributed by atoms with Gasteiger partial charge in [-0.15, -0.1) is 0 Å². The van der Waals surface area contributed by atoms with E-state index in [0.29, 0.717) is 12.5 Å². The third-order valence-electron chi connectivity index (χ3n) is 3.71. The van der Waals surface area contributed by atoms with Crippen LogP contribution in [-0.2, 0) is 6.54 Å². The molecule has 0 bridgehead atoms. The van der Waals surface area contributed by atoms with Crippen LogP contribution in [0.1, 0.15) is 26.0 Å². The van der Waals surface area contributed by atoms with Gasteiger partial charge in [0.05, 0.1) is 25.3 Å². The summed E-state index contributed by atoms with van der Waals surface area (Å²) in [4.78, 5) is 4.73. The molecule has 1 aromatic rings. The number of hydrogen-bond acceptors (Lipinski definition) is 4. The molecule has 2 rings (SSSR count). The average Bonchev–Trinajstić information content (AvgIpc) is 2.75. The van der Waals surface area contributed by atoms with Crippen molar-refractivity contribution in [1.29, 1.82) is 5.26 Å². The molecular formula is C15H23N3O. The van der Waals surface area contributed by atoms with Crippen molar-refractivity contribution < 1.29 is 4.42 Å². The molecule has 1 aromatic heterocycles. The summed E-state index contributed by atoms with van der Waals surface area (Å²) in [6.45, 7) is 8.37. The maximum absolute atomic E-state index is 8.99. The zero-order chi connectivity index (χ0) is 13.9. The van der Waals surface area contributed by atoms with Gasteiger partial charge in [-0.2, -0.15) is 5.26 Å². The molecule has 1 aliphatic rings. The second-order valence-electron chi connectivity index (χ2n) is 6.34. The second kappa shape index (κ2) is 5.77. The fourth-order valence-electron chi connectivity index (χ4n) is 3.03. The van der Waals surface area contributed by atoms with Crippen molar-refractivity contribution in [3.63, 3.8) is 0 Å². The summed E-state index contributed by atoms with van der Waals surface area (Å²) < 4.78 is 5.45. The second-order valence-corrected chi connectivity index (χ2v) is 6.34. The highest BCUT2D eigenvalue weighted by Crippen LogP contribution is 2.25. The third-order valence-corrected chi connectivity index (χ3v) is 3.71. The summed E-state index contributed by atoms with van der Waals surface area (Å²) in [6.07, 6.45) is 2.30. The summed E-state index contributed by atoms with van der Waals surface area (Å²) in [7, 11) is 2.13. The van der Waals surface area contributed by atoms with Gasteiger partial charge in [-0.1, -0.05) is 13.8 Å². The van der Waals surface area contributed by atoms with E-state index in [1.165, 1.54) is 0 Å². The Morgan fingerprint density at radius 1 is 1.47 bits per heavy atom. The predicted octanol–water partition coefficient (Wildman–Crippen LogP) is 2.34. The fourth-order valence-corrected chi connectivity index (χ4v) is 3.03. The normalized spacial score (nSPS) is 24.8. The number of nitriles is 1. The molecule has 104 valence electrons. The Bertz CT molecular complexity index is 433. The first-order chi connectivity index (χ1) is 9.00. The van der Waals surface area contributed by atoms with E-state index in [2.05, 4.69) is 36.8 Å². The molecular weight excluding hydrogens is 238 g/mol. The van der Waals surface area contributed by atoms with E-state index in [1.807, 2.05) is 12.1 Å². The van der Waals surface area contributed by atoms with Gasteiger partial charge in [-0.25, -0.2) is 0 Å². The highest BCUT2D eigenvalue weighted by Gasteiger charge is 2.32. The van der Waals surface area contributed by atoms with Crippen LogP contribution in [0, 0.1) is 16.7 Å². The molecule has 0 saturated carbocycles. The highest BCUT2D eigenvalue weighted by atomic mass is 16.3. The van der Waals surface area contributed by atoms with Gasteiger partial charge in [0.25, 0.3) is 0 Å². The van der Waals surface area contributed by atoms with Crippen LogP contribution in [-0.4, -0.2) is 42.5 Å². The van der Waals surface area contributed by atoms with Crippen LogP contribution < -0.4 is 0 Å². The first kappa shape index (κ1) is 14.1. The standard InChI is InChI=1S/C15H23N3O/c1-15(2)11-17(3)13(6-7-16)9-18(12-15)10-14-5-4-8-19-14/h4-5,8,13H,6,9-12H2,1-3H3. The van der Waals surface area contributed by atoms with E-state index in [4.69, 9.17) is 9.68 Å². The van der Waals surface area contributed by atoms with E-state index in [1.54, 1.807) is 6.26 Å². The van der Waals surface area contributed by atoms with Crippen LogP contribution in [0.15, 0.2) is 22.8 Å². The molecule has 19 heavy (non-hydrogen) atoms. The van der Waals surface area contributed by atoms with Gasteiger partial charge in [0.1, 0.15) is 5.76 Å². The summed E-state index contributed by atoms with van der Waals surface area (Å²) in [5.41, 5.74) is 0.228. The Morgan fingerprint density at radius 3 is 2.89 bits per heavy atom. The summed E-state index contributed by atoms with van der Waals surface area (Å²) in [6, 6.07) is 6.56. The van der Waals surface area contributed by atoms with Crippen LogP contribution in [0.5, 0.6) is 0 Å². The number of nitrogens with zero attached hydrogens (tertiary/aromatic N) is 3. The lowest BCUT2D eigenvalue weighted by Crippen LogP contribution is -2.38. The minimum Gasteiger partial charge on any atom is -0.468 e. The van der Waals surface area contributed by atoms with Gasteiger partial charge in [-0.05, 0) is 24.6 Å². The maximum Gasteiger partial charge on any atom is 0.117 e. The third kappa shape index (κ3) is 3.82. The number of likely N-dealkylation sites (N-methyl/N-ethyl adjacent to an activating group) is 1. The van der Waals surface area contributed by atoms with Crippen molar-refractivity contribution in [3.05, 3.63) is 24.2 Å².